The first-order valence-corrected chi connectivity index (χ1v) is 8.17. The van der Waals surface area contributed by atoms with Crippen LogP contribution in [0.1, 0.15) is 24.8 Å². The third-order valence-electron chi connectivity index (χ3n) is 4.70. The molecule has 1 aromatic rings. The number of carbonyl (C=O) groups is 1. The molecule has 3 aliphatic rings. The van der Waals surface area contributed by atoms with Crippen LogP contribution in [0.25, 0.3) is 0 Å². The zero-order chi connectivity index (χ0) is 16.0. The van der Waals surface area contributed by atoms with Gasteiger partial charge in [0.1, 0.15) is 6.17 Å². The fourth-order valence-corrected chi connectivity index (χ4v) is 3.78. The van der Waals surface area contributed by atoms with Crippen molar-refractivity contribution in [2.75, 3.05) is 6.79 Å². The van der Waals surface area contributed by atoms with Crippen LogP contribution in [-0.4, -0.2) is 34.9 Å². The van der Waals surface area contributed by atoms with Gasteiger partial charge in [-0.25, -0.2) is 4.39 Å². The molecule has 122 valence electrons. The highest BCUT2D eigenvalue weighted by Gasteiger charge is 2.42. The number of fused-ring (bicyclic) bond motifs is 2. The lowest BCUT2D eigenvalue weighted by Crippen LogP contribution is -2.61. The van der Waals surface area contributed by atoms with Crippen LogP contribution >= 0.6 is 12.2 Å². The van der Waals surface area contributed by atoms with Gasteiger partial charge in [0.2, 0.25) is 12.7 Å². The van der Waals surface area contributed by atoms with Gasteiger partial charge < -0.3 is 14.8 Å². The molecule has 1 amide bonds. The fourth-order valence-electron chi connectivity index (χ4n) is 3.47. The van der Waals surface area contributed by atoms with Gasteiger partial charge >= 0.3 is 0 Å². The van der Waals surface area contributed by atoms with E-state index in [9.17, 15) is 9.18 Å². The minimum atomic E-state index is -0.902. The Labute approximate surface area is 138 Å². The van der Waals surface area contributed by atoms with E-state index in [1.807, 2.05) is 18.2 Å². The van der Waals surface area contributed by atoms with Crippen LogP contribution in [0.2, 0.25) is 0 Å². The number of alkyl halides is 1. The fraction of sp³-hybridized carbons (Fsp3) is 0.500. The standard InChI is InChI=1S/C16H17FN2O3S/c17-10-2-3-12-11(6-10)15(20)19(16(23)18-12)7-9-1-4-13-14(5-9)22-8-21-13/h1,4-5,10-12H,2-3,6-8H2,(H,18,23). The van der Waals surface area contributed by atoms with E-state index in [4.69, 9.17) is 21.7 Å². The van der Waals surface area contributed by atoms with Crippen LogP contribution in [0.5, 0.6) is 11.5 Å². The summed E-state index contributed by atoms with van der Waals surface area (Å²) in [5.41, 5.74) is 0.901. The molecule has 2 aliphatic heterocycles. The molecule has 7 heteroatoms. The number of nitrogens with zero attached hydrogens (tertiary/aromatic N) is 1. The summed E-state index contributed by atoms with van der Waals surface area (Å²) in [7, 11) is 0. The highest BCUT2D eigenvalue weighted by atomic mass is 32.1. The molecular weight excluding hydrogens is 319 g/mol. The smallest absolute Gasteiger partial charge is 0.234 e. The van der Waals surface area contributed by atoms with Crippen molar-refractivity contribution in [2.24, 2.45) is 5.92 Å². The Morgan fingerprint density at radius 3 is 3.00 bits per heavy atom. The molecule has 1 N–H and O–H groups in total. The zero-order valence-corrected chi connectivity index (χ0v) is 13.3. The average Bonchev–Trinajstić information content (AvgIpc) is 3.00. The van der Waals surface area contributed by atoms with Gasteiger partial charge in [-0.05, 0) is 49.2 Å². The minimum absolute atomic E-state index is 0.0324. The molecule has 2 heterocycles. The molecule has 2 fully saturated rings. The quantitative estimate of drug-likeness (QED) is 0.839. The van der Waals surface area contributed by atoms with E-state index in [1.165, 1.54) is 4.90 Å². The lowest BCUT2D eigenvalue weighted by atomic mass is 9.81. The predicted octanol–water partition coefficient (Wildman–Crippen LogP) is 2.14. The number of rotatable bonds is 2. The van der Waals surface area contributed by atoms with Crippen LogP contribution in [0.15, 0.2) is 18.2 Å². The molecule has 1 saturated carbocycles. The lowest BCUT2D eigenvalue weighted by molar-refractivity contribution is -0.136. The Kier molecular flexibility index (Phi) is 3.60. The second-order valence-corrected chi connectivity index (χ2v) is 6.57. The molecule has 0 spiro atoms. The Morgan fingerprint density at radius 2 is 2.13 bits per heavy atom. The minimum Gasteiger partial charge on any atom is -0.454 e. The summed E-state index contributed by atoms with van der Waals surface area (Å²) >= 11 is 5.34. The molecular formula is C16H17FN2O3S. The first-order chi connectivity index (χ1) is 11.1. The molecule has 1 aliphatic carbocycles. The third kappa shape index (κ3) is 2.63. The number of amides is 1. The van der Waals surface area contributed by atoms with Gasteiger partial charge in [0.15, 0.2) is 16.6 Å². The molecule has 0 bridgehead atoms. The number of hydrogen-bond donors (Lipinski definition) is 1. The number of ether oxygens (including phenoxy) is 2. The van der Waals surface area contributed by atoms with Crippen LogP contribution in [-0.2, 0) is 11.3 Å². The number of nitrogens with one attached hydrogen (secondary N) is 1. The number of halogens is 1. The van der Waals surface area contributed by atoms with E-state index >= 15 is 0 Å². The van der Waals surface area contributed by atoms with Crippen molar-refractivity contribution in [2.45, 2.75) is 38.0 Å². The van der Waals surface area contributed by atoms with Crippen molar-refractivity contribution >= 4 is 23.2 Å². The topological polar surface area (TPSA) is 50.8 Å². The highest BCUT2D eigenvalue weighted by Crippen LogP contribution is 2.34. The van der Waals surface area contributed by atoms with E-state index in [-0.39, 0.29) is 31.1 Å². The number of thiocarbonyl (C=S) groups is 1. The van der Waals surface area contributed by atoms with Crippen LogP contribution in [0.3, 0.4) is 0 Å². The van der Waals surface area contributed by atoms with Crippen molar-refractivity contribution in [3.8, 4) is 11.5 Å². The predicted molar refractivity (Wildman–Crippen MR) is 84.9 cm³/mol. The summed E-state index contributed by atoms with van der Waals surface area (Å²) in [4.78, 5) is 14.3. The molecule has 23 heavy (non-hydrogen) atoms. The van der Waals surface area contributed by atoms with Gasteiger partial charge in [0, 0.05) is 6.04 Å². The molecule has 1 saturated heterocycles. The van der Waals surface area contributed by atoms with E-state index in [0.717, 1.165) is 5.56 Å². The normalized spacial score (nSPS) is 29.3. The molecule has 1 aromatic carbocycles. The summed E-state index contributed by atoms with van der Waals surface area (Å²) in [6.45, 7) is 0.560. The van der Waals surface area contributed by atoms with E-state index in [0.29, 0.717) is 36.0 Å². The Morgan fingerprint density at radius 1 is 1.30 bits per heavy atom. The Hall–Kier alpha value is -1.89. The van der Waals surface area contributed by atoms with Gasteiger partial charge in [-0.3, -0.25) is 9.69 Å². The summed E-state index contributed by atoms with van der Waals surface area (Å²) in [5.74, 6) is 0.954. The maximum atomic E-state index is 13.7. The summed E-state index contributed by atoms with van der Waals surface area (Å²) in [5, 5.41) is 3.63. The molecule has 0 aromatic heterocycles. The summed E-state index contributed by atoms with van der Waals surface area (Å²) < 4.78 is 24.3. The van der Waals surface area contributed by atoms with Gasteiger partial charge in [-0.2, -0.15) is 0 Å². The molecule has 4 rings (SSSR count). The van der Waals surface area contributed by atoms with Gasteiger partial charge in [0.05, 0.1) is 12.5 Å². The van der Waals surface area contributed by atoms with Gasteiger partial charge in [-0.15, -0.1) is 0 Å². The first kappa shape index (κ1) is 14.7. The van der Waals surface area contributed by atoms with E-state index in [2.05, 4.69) is 5.32 Å². The number of carbonyl (C=O) groups excluding carboxylic acids is 1. The van der Waals surface area contributed by atoms with Crippen LogP contribution in [0.4, 0.5) is 4.39 Å². The number of benzene rings is 1. The summed E-state index contributed by atoms with van der Waals surface area (Å²) in [6, 6.07) is 5.52. The van der Waals surface area contributed by atoms with Crippen molar-refractivity contribution in [3.63, 3.8) is 0 Å². The van der Waals surface area contributed by atoms with E-state index < -0.39 is 6.17 Å². The number of hydrogen-bond acceptors (Lipinski definition) is 4. The second kappa shape index (κ2) is 5.63. The van der Waals surface area contributed by atoms with E-state index in [1.54, 1.807) is 0 Å². The third-order valence-corrected chi connectivity index (χ3v) is 5.04. The monoisotopic (exact) mass is 336 g/mol. The zero-order valence-electron chi connectivity index (χ0n) is 12.5. The SMILES string of the molecule is O=C1C2CC(F)CCC2NC(=S)N1Cc1ccc2c(c1)OCO2. The van der Waals surface area contributed by atoms with Crippen molar-refractivity contribution in [1.82, 2.24) is 10.2 Å². The largest absolute Gasteiger partial charge is 0.454 e. The van der Waals surface area contributed by atoms with Crippen LogP contribution < -0.4 is 14.8 Å². The Balaban J connectivity index is 1.53. The molecule has 0 radical (unpaired) electrons. The molecule has 3 unspecified atom stereocenters. The van der Waals surface area contributed by atoms with Crippen molar-refractivity contribution in [3.05, 3.63) is 23.8 Å². The van der Waals surface area contributed by atoms with Gasteiger partial charge in [-0.1, -0.05) is 6.07 Å². The average molecular weight is 336 g/mol. The molecule has 3 atom stereocenters. The lowest BCUT2D eigenvalue weighted by Gasteiger charge is -2.42. The maximum absolute atomic E-state index is 13.7. The first-order valence-electron chi connectivity index (χ1n) is 7.76. The van der Waals surface area contributed by atoms with Crippen LogP contribution in [0, 0.1) is 5.92 Å². The highest BCUT2D eigenvalue weighted by molar-refractivity contribution is 7.80. The van der Waals surface area contributed by atoms with Gasteiger partial charge in [0.25, 0.3) is 0 Å². The maximum Gasteiger partial charge on any atom is 0.234 e. The second-order valence-electron chi connectivity index (χ2n) is 6.18. The molecule has 5 nitrogen and oxygen atoms in total. The van der Waals surface area contributed by atoms with Crippen molar-refractivity contribution < 1.29 is 18.7 Å². The Bertz CT molecular complexity index is 669. The summed E-state index contributed by atoms with van der Waals surface area (Å²) in [6.07, 6.45) is 0.513. The van der Waals surface area contributed by atoms with Crippen molar-refractivity contribution in [1.29, 1.82) is 0 Å².